The Morgan fingerprint density at radius 1 is 0.895 bits per heavy atom. The summed E-state index contributed by atoms with van der Waals surface area (Å²) in [6.45, 7) is 0.302. The molecule has 2 aromatic carbocycles. The second-order valence-corrected chi connectivity index (χ2v) is 9.78. The van der Waals surface area contributed by atoms with Gasteiger partial charge in [-0.15, -0.1) is 0 Å². The van der Waals surface area contributed by atoms with Crippen molar-refractivity contribution in [3.8, 4) is 23.0 Å². The largest absolute Gasteiger partial charge is 0.485 e. The molecule has 1 N–H and O–H groups in total. The van der Waals surface area contributed by atoms with Crippen LogP contribution in [0, 0.1) is 0 Å². The molecule has 3 heterocycles. The predicted molar refractivity (Wildman–Crippen MR) is 136 cm³/mol. The normalized spacial score (nSPS) is 19.0. The molecule has 1 fully saturated rings. The molecule has 1 aliphatic carbocycles. The molecule has 1 saturated carbocycles. The van der Waals surface area contributed by atoms with Gasteiger partial charge in [-0.05, 0) is 54.8 Å². The Bertz CT molecular complexity index is 1290. The van der Waals surface area contributed by atoms with Gasteiger partial charge in [-0.25, -0.2) is 0 Å². The topological polar surface area (TPSA) is 99.5 Å². The molecule has 198 valence electrons. The van der Waals surface area contributed by atoms with Crippen molar-refractivity contribution >= 4 is 11.8 Å². The predicted octanol–water partition coefficient (Wildman–Crippen LogP) is 4.37. The number of furan rings is 1. The van der Waals surface area contributed by atoms with Crippen LogP contribution < -0.4 is 24.3 Å². The number of nitrogens with one attached hydrogen (secondary N) is 1. The summed E-state index contributed by atoms with van der Waals surface area (Å²) in [6, 6.07) is 15.2. The molecule has 0 spiro atoms. The molecule has 2 aliphatic heterocycles. The third kappa shape index (κ3) is 5.01. The van der Waals surface area contributed by atoms with E-state index in [-0.39, 0.29) is 37.8 Å². The Labute approximate surface area is 220 Å². The summed E-state index contributed by atoms with van der Waals surface area (Å²) in [4.78, 5) is 29.5. The number of hydrogen-bond acceptors (Lipinski definition) is 7. The van der Waals surface area contributed by atoms with Gasteiger partial charge < -0.3 is 33.6 Å². The highest BCUT2D eigenvalue weighted by atomic mass is 16.7. The number of benzene rings is 2. The van der Waals surface area contributed by atoms with Crippen molar-refractivity contribution in [1.29, 1.82) is 0 Å². The van der Waals surface area contributed by atoms with E-state index in [1.165, 1.54) is 17.6 Å². The lowest BCUT2D eigenvalue weighted by molar-refractivity contribution is -0.150. The Morgan fingerprint density at radius 2 is 1.68 bits per heavy atom. The van der Waals surface area contributed by atoms with Gasteiger partial charge in [-0.3, -0.25) is 9.59 Å². The Morgan fingerprint density at radius 3 is 2.50 bits per heavy atom. The number of rotatable bonds is 7. The summed E-state index contributed by atoms with van der Waals surface area (Å²) in [7, 11) is 0. The highest BCUT2D eigenvalue weighted by Gasteiger charge is 2.40. The summed E-state index contributed by atoms with van der Waals surface area (Å²) >= 11 is 0. The van der Waals surface area contributed by atoms with E-state index in [4.69, 9.17) is 23.4 Å². The van der Waals surface area contributed by atoms with Gasteiger partial charge in [0.15, 0.2) is 29.0 Å². The highest BCUT2D eigenvalue weighted by molar-refractivity contribution is 5.90. The minimum Gasteiger partial charge on any atom is -0.485 e. The quantitative estimate of drug-likeness (QED) is 0.496. The van der Waals surface area contributed by atoms with Gasteiger partial charge in [0.1, 0.15) is 12.4 Å². The summed E-state index contributed by atoms with van der Waals surface area (Å²) in [5.74, 6) is 2.03. The highest BCUT2D eigenvalue weighted by Crippen LogP contribution is 2.36. The molecule has 0 bridgehead atoms. The zero-order valence-corrected chi connectivity index (χ0v) is 21.0. The smallest absolute Gasteiger partial charge is 0.268 e. The lowest BCUT2D eigenvalue weighted by atomic mass is 9.95. The van der Waals surface area contributed by atoms with Gasteiger partial charge in [0, 0.05) is 12.6 Å². The second-order valence-electron chi connectivity index (χ2n) is 9.78. The Balaban J connectivity index is 1.33. The number of para-hydroxylation sites is 2. The molecular weight excluding hydrogens is 488 g/mol. The molecule has 3 aliphatic rings. The van der Waals surface area contributed by atoms with Crippen LogP contribution in [0.25, 0.3) is 0 Å². The van der Waals surface area contributed by atoms with Crippen molar-refractivity contribution in [2.75, 3.05) is 13.4 Å². The summed E-state index contributed by atoms with van der Waals surface area (Å²) in [5, 5.41) is 3.18. The van der Waals surface area contributed by atoms with E-state index in [1.807, 2.05) is 24.3 Å². The van der Waals surface area contributed by atoms with Crippen LogP contribution in [-0.2, 0) is 16.1 Å². The van der Waals surface area contributed by atoms with Crippen LogP contribution in [0.15, 0.2) is 65.3 Å². The Hall–Kier alpha value is -4.14. The minimum atomic E-state index is -0.995. The van der Waals surface area contributed by atoms with Crippen LogP contribution in [-0.4, -0.2) is 42.3 Å². The molecular formula is C29H30N2O7. The lowest BCUT2D eigenvalue weighted by Gasteiger charge is -2.35. The molecule has 9 heteroatoms. The van der Waals surface area contributed by atoms with E-state index in [9.17, 15) is 9.59 Å². The summed E-state index contributed by atoms with van der Waals surface area (Å²) < 4.78 is 28.6. The van der Waals surface area contributed by atoms with Gasteiger partial charge >= 0.3 is 0 Å². The molecule has 3 aromatic rings. The van der Waals surface area contributed by atoms with Crippen molar-refractivity contribution in [3.05, 3.63) is 72.2 Å². The third-order valence-electron chi connectivity index (χ3n) is 7.18. The molecule has 6 rings (SSSR count). The van der Waals surface area contributed by atoms with E-state index in [1.54, 1.807) is 30.3 Å². The number of carbonyl (C=O) groups is 2. The number of amides is 2. The maximum atomic E-state index is 14.1. The number of hydrogen-bond donors (Lipinski definition) is 1. The first-order valence-electron chi connectivity index (χ1n) is 13.1. The van der Waals surface area contributed by atoms with E-state index < -0.39 is 12.1 Å². The van der Waals surface area contributed by atoms with Gasteiger partial charge in [-0.1, -0.05) is 37.5 Å². The van der Waals surface area contributed by atoms with E-state index in [2.05, 4.69) is 5.32 Å². The van der Waals surface area contributed by atoms with Crippen molar-refractivity contribution in [2.24, 2.45) is 0 Å². The van der Waals surface area contributed by atoms with Gasteiger partial charge in [0.05, 0.1) is 6.26 Å². The average Bonchev–Trinajstić information content (AvgIpc) is 3.65. The van der Waals surface area contributed by atoms with Crippen molar-refractivity contribution in [1.82, 2.24) is 10.2 Å². The minimum absolute atomic E-state index is 0.0304. The molecule has 0 radical (unpaired) electrons. The van der Waals surface area contributed by atoms with E-state index in [0.29, 0.717) is 28.8 Å². The zero-order chi connectivity index (χ0) is 25.9. The number of fused-ring (bicyclic) bond motifs is 2. The van der Waals surface area contributed by atoms with Crippen molar-refractivity contribution in [3.63, 3.8) is 0 Å². The van der Waals surface area contributed by atoms with E-state index in [0.717, 1.165) is 31.2 Å². The second kappa shape index (κ2) is 10.7. The van der Waals surface area contributed by atoms with Crippen LogP contribution in [0.2, 0.25) is 0 Å². The molecule has 0 unspecified atom stereocenters. The molecule has 9 nitrogen and oxygen atoms in total. The number of nitrogens with zero attached hydrogens (tertiary/aromatic N) is 1. The van der Waals surface area contributed by atoms with Crippen molar-refractivity contribution < 1.29 is 33.0 Å². The number of ether oxygens (including phenoxy) is 4. The first-order valence-corrected chi connectivity index (χ1v) is 13.1. The summed E-state index contributed by atoms with van der Waals surface area (Å²) in [5.41, 5.74) is 0.779. The van der Waals surface area contributed by atoms with Crippen LogP contribution >= 0.6 is 0 Å². The fourth-order valence-electron chi connectivity index (χ4n) is 5.26. The Kier molecular flexibility index (Phi) is 6.81. The zero-order valence-electron chi connectivity index (χ0n) is 21.0. The third-order valence-corrected chi connectivity index (χ3v) is 7.18. The van der Waals surface area contributed by atoms with Crippen molar-refractivity contribution in [2.45, 2.75) is 56.8 Å². The van der Waals surface area contributed by atoms with Crippen LogP contribution in [0.3, 0.4) is 0 Å². The molecule has 1 aromatic heterocycles. The summed E-state index contributed by atoms with van der Waals surface area (Å²) in [6.07, 6.45) is 5.73. The van der Waals surface area contributed by atoms with Gasteiger partial charge in [0.25, 0.3) is 11.8 Å². The van der Waals surface area contributed by atoms with Gasteiger partial charge in [0.2, 0.25) is 12.9 Å². The molecule has 0 saturated heterocycles. The van der Waals surface area contributed by atoms with E-state index >= 15 is 0 Å². The van der Waals surface area contributed by atoms with Crippen LogP contribution in [0.4, 0.5) is 0 Å². The monoisotopic (exact) mass is 518 g/mol. The SMILES string of the molecule is O=C(NC1CCCCC1)[C@@H](c1ccco1)N(Cc1ccc2c(c1)OCO2)C(=O)[C@@H]1COc2ccccc2O1. The fraction of sp³-hybridized carbons (Fsp3) is 0.379. The standard InChI is InChI=1S/C29H30N2O7/c32-28(30-20-7-2-1-3-8-20)27(24-11-6-14-34-24)31(16-19-12-13-22-25(15-19)37-18-36-22)29(33)26-17-35-21-9-4-5-10-23(21)38-26/h4-6,9-15,20,26-27H,1-3,7-8,16-18H2,(H,30,32)/t26-,27+/m0/s1. The maximum absolute atomic E-state index is 14.1. The maximum Gasteiger partial charge on any atom is 0.268 e. The molecule has 38 heavy (non-hydrogen) atoms. The average molecular weight is 519 g/mol. The fourth-order valence-corrected chi connectivity index (χ4v) is 5.26. The van der Waals surface area contributed by atoms with Crippen LogP contribution in [0.5, 0.6) is 23.0 Å². The van der Waals surface area contributed by atoms with Gasteiger partial charge in [-0.2, -0.15) is 0 Å². The molecule has 2 amide bonds. The van der Waals surface area contributed by atoms with Crippen LogP contribution in [0.1, 0.15) is 49.5 Å². The first kappa shape index (κ1) is 24.2. The number of carbonyl (C=O) groups excluding carboxylic acids is 2. The molecule has 2 atom stereocenters. The first-order chi connectivity index (χ1) is 18.7. The lowest BCUT2D eigenvalue weighted by Crippen LogP contribution is -2.52.